The smallest absolute Gasteiger partial charge is 0.262 e. The maximum absolute atomic E-state index is 13.2. The number of benzene rings is 2. The lowest BCUT2D eigenvalue weighted by molar-refractivity contribution is -0.115. The molecule has 1 unspecified atom stereocenters. The number of amides is 1. The molecule has 0 aliphatic carbocycles. The highest BCUT2D eigenvalue weighted by molar-refractivity contribution is 7.98. The number of hydrogen-bond donors (Lipinski definition) is 1. The Kier molecular flexibility index (Phi) is 7.77. The van der Waals surface area contributed by atoms with Crippen molar-refractivity contribution in [3.63, 3.8) is 0 Å². The molecule has 9 heteroatoms. The summed E-state index contributed by atoms with van der Waals surface area (Å²) in [7, 11) is 1.62. The fourth-order valence-corrected chi connectivity index (χ4v) is 5.50. The Balaban J connectivity index is 1.48. The number of nitrogens with zero attached hydrogens (tertiary/aromatic N) is 3. The Labute approximate surface area is 206 Å². The van der Waals surface area contributed by atoms with E-state index < -0.39 is 0 Å². The van der Waals surface area contributed by atoms with E-state index in [1.807, 2.05) is 61.7 Å². The maximum atomic E-state index is 13.2. The molecule has 4 aromatic rings. The van der Waals surface area contributed by atoms with Gasteiger partial charge in [-0.25, -0.2) is 9.97 Å². The number of ether oxygens (including phenoxy) is 1. The van der Waals surface area contributed by atoms with Gasteiger partial charge in [-0.15, -0.1) is 11.3 Å². The molecule has 2 aromatic heterocycles. The second-order valence-corrected chi connectivity index (χ2v) is 9.84. The third kappa shape index (κ3) is 5.55. The first-order valence-electron chi connectivity index (χ1n) is 10.9. The molecule has 0 aliphatic heterocycles. The van der Waals surface area contributed by atoms with E-state index in [9.17, 15) is 9.59 Å². The van der Waals surface area contributed by atoms with E-state index in [-0.39, 0.29) is 23.9 Å². The number of aromatic nitrogens is 3. The summed E-state index contributed by atoms with van der Waals surface area (Å²) >= 11 is 2.92. The van der Waals surface area contributed by atoms with Gasteiger partial charge in [-0.2, -0.15) is 0 Å². The number of fused-ring (bicyclic) bond motifs is 1. The summed E-state index contributed by atoms with van der Waals surface area (Å²) in [5.41, 5.74) is 3.27. The largest absolute Gasteiger partial charge is 0.383 e. The zero-order chi connectivity index (χ0) is 24.1. The van der Waals surface area contributed by atoms with Gasteiger partial charge in [-0.1, -0.05) is 42.1 Å². The first-order valence-corrected chi connectivity index (χ1v) is 12.7. The van der Waals surface area contributed by atoms with Gasteiger partial charge in [0.15, 0.2) is 5.16 Å². The van der Waals surface area contributed by atoms with Crippen molar-refractivity contribution in [1.29, 1.82) is 0 Å². The molecule has 0 spiro atoms. The van der Waals surface area contributed by atoms with Crippen LogP contribution >= 0.6 is 23.1 Å². The van der Waals surface area contributed by atoms with Gasteiger partial charge < -0.3 is 10.1 Å². The number of nitrogens with one attached hydrogen (secondary N) is 1. The van der Waals surface area contributed by atoms with Crippen LogP contribution in [0.3, 0.4) is 0 Å². The van der Waals surface area contributed by atoms with Gasteiger partial charge in [-0.3, -0.25) is 14.2 Å². The van der Waals surface area contributed by atoms with Gasteiger partial charge in [-0.05, 0) is 37.6 Å². The molecule has 0 aliphatic rings. The summed E-state index contributed by atoms with van der Waals surface area (Å²) in [4.78, 5) is 35.0. The highest BCUT2D eigenvalue weighted by Gasteiger charge is 2.17. The minimum atomic E-state index is -0.159. The van der Waals surface area contributed by atoms with Gasteiger partial charge in [0.05, 0.1) is 35.7 Å². The summed E-state index contributed by atoms with van der Waals surface area (Å²) in [5, 5.41) is 6.86. The first kappa shape index (κ1) is 24.1. The van der Waals surface area contributed by atoms with Crippen molar-refractivity contribution >= 4 is 45.6 Å². The van der Waals surface area contributed by atoms with E-state index in [2.05, 4.69) is 10.3 Å². The van der Waals surface area contributed by atoms with Gasteiger partial charge in [0.1, 0.15) is 5.01 Å². The normalized spacial score (nSPS) is 12.1. The van der Waals surface area contributed by atoms with Crippen molar-refractivity contribution < 1.29 is 9.53 Å². The number of thioether (sulfide) groups is 1. The Morgan fingerprint density at radius 2 is 1.94 bits per heavy atom. The Morgan fingerprint density at radius 3 is 2.74 bits per heavy atom. The van der Waals surface area contributed by atoms with Crippen LogP contribution in [0, 0.1) is 6.92 Å². The third-order valence-corrected chi connectivity index (χ3v) is 7.19. The van der Waals surface area contributed by atoms with Crippen LogP contribution in [-0.2, 0) is 21.7 Å². The summed E-state index contributed by atoms with van der Waals surface area (Å²) in [5.74, 6) is 0.446. The molecule has 2 aromatic carbocycles. The predicted molar refractivity (Wildman–Crippen MR) is 138 cm³/mol. The SMILES string of the molecule is COCC(C)n1c(SCc2csc(CC(=O)Nc3ccccc3C)n2)nc2ccccc2c1=O. The Bertz CT molecular complexity index is 1370. The summed E-state index contributed by atoms with van der Waals surface area (Å²) in [6.45, 7) is 4.31. The monoisotopic (exact) mass is 494 g/mol. The van der Waals surface area contributed by atoms with Crippen LogP contribution in [0.15, 0.2) is 63.9 Å². The van der Waals surface area contributed by atoms with E-state index in [1.165, 1.54) is 23.1 Å². The summed E-state index contributed by atoms with van der Waals surface area (Å²) in [6, 6.07) is 14.9. The summed E-state index contributed by atoms with van der Waals surface area (Å²) < 4.78 is 6.98. The Morgan fingerprint density at radius 1 is 1.18 bits per heavy atom. The molecular weight excluding hydrogens is 468 g/mol. The molecular formula is C25H26N4O3S2. The lowest BCUT2D eigenvalue weighted by atomic mass is 10.2. The van der Waals surface area contributed by atoms with Crippen molar-refractivity contribution in [3.05, 3.63) is 80.5 Å². The predicted octanol–water partition coefficient (Wildman–Crippen LogP) is 4.84. The number of thiazole rings is 1. The van der Waals surface area contributed by atoms with Gasteiger partial charge in [0.2, 0.25) is 5.91 Å². The van der Waals surface area contributed by atoms with Crippen LogP contribution in [0.1, 0.15) is 29.2 Å². The molecule has 0 radical (unpaired) electrons. The topological polar surface area (TPSA) is 86.1 Å². The number of aryl methyl sites for hydroxylation is 1. The molecule has 34 heavy (non-hydrogen) atoms. The molecule has 2 heterocycles. The molecule has 0 saturated carbocycles. The lowest BCUT2D eigenvalue weighted by Gasteiger charge is -2.18. The maximum Gasteiger partial charge on any atom is 0.262 e. The highest BCUT2D eigenvalue weighted by atomic mass is 32.2. The minimum Gasteiger partial charge on any atom is -0.383 e. The fourth-order valence-electron chi connectivity index (χ4n) is 3.61. The zero-order valence-electron chi connectivity index (χ0n) is 19.3. The van der Waals surface area contributed by atoms with E-state index in [4.69, 9.17) is 9.72 Å². The average molecular weight is 495 g/mol. The van der Waals surface area contributed by atoms with Crippen molar-refractivity contribution in [2.24, 2.45) is 0 Å². The second kappa shape index (κ2) is 10.9. The van der Waals surface area contributed by atoms with E-state index in [0.717, 1.165) is 22.0 Å². The van der Waals surface area contributed by atoms with Crippen molar-refractivity contribution in [2.75, 3.05) is 19.0 Å². The zero-order valence-corrected chi connectivity index (χ0v) is 20.9. The first-order chi connectivity index (χ1) is 16.5. The van der Waals surface area contributed by atoms with Crippen LogP contribution in [0.25, 0.3) is 10.9 Å². The second-order valence-electron chi connectivity index (χ2n) is 7.95. The summed E-state index contributed by atoms with van der Waals surface area (Å²) in [6.07, 6.45) is 0.216. The Hall–Kier alpha value is -3.01. The molecule has 1 amide bonds. The molecule has 1 atom stereocenters. The van der Waals surface area contributed by atoms with Gasteiger partial charge >= 0.3 is 0 Å². The van der Waals surface area contributed by atoms with Gasteiger partial charge in [0.25, 0.3) is 5.56 Å². The number of rotatable bonds is 9. The molecule has 176 valence electrons. The number of hydrogen-bond acceptors (Lipinski definition) is 7. The van der Waals surface area contributed by atoms with Crippen LogP contribution < -0.4 is 10.9 Å². The number of anilines is 1. The van der Waals surface area contributed by atoms with Crippen molar-refractivity contribution in [2.45, 2.75) is 37.2 Å². The van der Waals surface area contributed by atoms with Crippen molar-refractivity contribution in [3.8, 4) is 0 Å². The lowest BCUT2D eigenvalue weighted by Crippen LogP contribution is -2.28. The number of para-hydroxylation sites is 2. The number of methoxy groups -OCH3 is 1. The van der Waals surface area contributed by atoms with E-state index in [1.54, 1.807) is 17.7 Å². The molecule has 1 N–H and O–H groups in total. The molecule has 7 nitrogen and oxygen atoms in total. The van der Waals surface area contributed by atoms with Crippen LogP contribution in [0.4, 0.5) is 5.69 Å². The van der Waals surface area contributed by atoms with Crippen LogP contribution in [-0.4, -0.2) is 34.2 Å². The van der Waals surface area contributed by atoms with E-state index in [0.29, 0.717) is 28.4 Å². The van der Waals surface area contributed by atoms with Crippen LogP contribution in [0.5, 0.6) is 0 Å². The van der Waals surface area contributed by atoms with E-state index >= 15 is 0 Å². The highest BCUT2D eigenvalue weighted by Crippen LogP contribution is 2.25. The van der Waals surface area contributed by atoms with Crippen LogP contribution in [0.2, 0.25) is 0 Å². The average Bonchev–Trinajstić information content (AvgIpc) is 3.26. The third-order valence-electron chi connectivity index (χ3n) is 5.30. The number of carbonyl (C=O) groups is 1. The molecule has 0 bridgehead atoms. The quantitative estimate of drug-likeness (QED) is 0.265. The minimum absolute atomic E-state index is 0.0792. The fraction of sp³-hybridized carbons (Fsp3) is 0.280. The molecule has 4 rings (SSSR count). The van der Waals surface area contributed by atoms with Gasteiger partial charge in [0, 0.05) is 23.9 Å². The number of carbonyl (C=O) groups excluding carboxylic acids is 1. The van der Waals surface area contributed by atoms with Crippen molar-refractivity contribution in [1.82, 2.24) is 14.5 Å². The standard InChI is InChI=1S/C25H26N4O3S2/c1-16-8-4-6-10-20(16)27-22(30)12-23-26-18(14-33-23)15-34-25-28-21-11-7-5-9-19(21)24(31)29(25)17(2)13-32-3/h4-11,14,17H,12-13,15H2,1-3H3,(H,27,30). The molecule has 0 saturated heterocycles. The molecule has 0 fully saturated rings.